The lowest BCUT2D eigenvalue weighted by Gasteiger charge is -2.29. The summed E-state index contributed by atoms with van der Waals surface area (Å²) in [6.45, 7) is 1.80. The molecule has 7 heteroatoms. The van der Waals surface area contributed by atoms with Crippen molar-refractivity contribution in [3.63, 3.8) is 0 Å². The van der Waals surface area contributed by atoms with Crippen molar-refractivity contribution in [3.05, 3.63) is 34.5 Å². The molecule has 0 unspecified atom stereocenters. The molecule has 0 radical (unpaired) electrons. The SMILES string of the molecule is C[C@H](O)Cn1c(=O)ccc2cnc([C@@]3(C=N)CC34CCC(O)CC4)nc21. The summed E-state index contributed by atoms with van der Waals surface area (Å²) in [5.74, 6) is 0.571. The van der Waals surface area contributed by atoms with Crippen LogP contribution < -0.4 is 5.56 Å². The molecule has 2 aliphatic carbocycles. The summed E-state index contributed by atoms with van der Waals surface area (Å²) < 4.78 is 1.47. The first-order chi connectivity index (χ1) is 12.4. The lowest BCUT2D eigenvalue weighted by atomic mass is 9.78. The van der Waals surface area contributed by atoms with Gasteiger partial charge in [-0.1, -0.05) is 0 Å². The Morgan fingerprint density at radius 3 is 2.81 bits per heavy atom. The van der Waals surface area contributed by atoms with Gasteiger partial charge in [-0.2, -0.15) is 0 Å². The van der Waals surface area contributed by atoms with Crippen LogP contribution in [0.2, 0.25) is 0 Å². The molecule has 0 bridgehead atoms. The van der Waals surface area contributed by atoms with Gasteiger partial charge in [-0.15, -0.1) is 0 Å². The smallest absolute Gasteiger partial charge is 0.252 e. The van der Waals surface area contributed by atoms with E-state index < -0.39 is 11.5 Å². The molecule has 2 aromatic rings. The van der Waals surface area contributed by atoms with E-state index in [1.54, 1.807) is 19.2 Å². The maximum Gasteiger partial charge on any atom is 0.252 e. The quantitative estimate of drug-likeness (QED) is 0.717. The average Bonchev–Trinajstić information content (AvgIpc) is 3.28. The first-order valence-corrected chi connectivity index (χ1v) is 9.16. The Bertz CT molecular complexity index is 915. The number of rotatable bonds is 4. The number of nitrogens with one attached hydrogen (secondary N) is 1. The summed E-state index contributed by atoms with van der Waals surface area (Å²) in [6, 6.07) is 3.15. The maximum absolute atomic E-state index is 12.3. The molecule has 2 atom stereocenters. The highest BCUT2D eigenvalue weighted by molar-refractivity contribution is 5.79. The van der Waals surface area contributed by atoms with E-state index in [0.29, 0.717) is 11.5 Å². The Morgan fingerprint density at radius 2 is 2.15 bits per heavy atom. The Labute approximate surface area is 151 Å². The molecular formula is C19H24N4O3. The number of aliphatic hydroxyl groups excluding tert-OH is 2. The molecule has 2 aromatic heterocycles. The zero-order valence-corrected chi connectivity index (χ0v) is 14.9. The van der Waals surface area contributed by atoms with Gasteiger partial charge in [0.05, 0.1) is 24.2 Å². The van der Waals surface area contributed by atoms with Gasteiger partial charge in [0.25, 0.3) is 5.56 Å². The molecule has 4 rings (SSSR count). The Morgan fingerprint density at radius 1 is 1.42 bits per heavy atom. The third kappa shape index (κ3) is 2.49. The lowest BCUT2D eigenvalue weighted by Crippen LogP contribution is -2.30. The van der Waals surface area contributed by atoms with Crippen LogP contribution in [0, 0.1) is 10.8 Å². The Hall–Kier alpha value is -2.12. The number of nitrogens with zero attached hydrogens (tertiary/aromatic N) is 3. The zero-order valence-electron chi connectivity index (χ0n) is 14.9. The second-order valence-electron chi connectivity index (χ2n) is 7.91. The van der Waals surface area contributed by atoms with Gasteiger partial charge < -0.3 is 15.6 Å². The number of aromatic nitrogens is 3. The van der Waals surface area contributed by atoms with Crippen LogP contribution in [-0.4, -0.2) is 43.2 Å². The van der Waals surface area contributed by atoms with E-state index in [0.717, 1.165) is 37.5 Å². The van der Waals surface area contributed by atoms with Crippen LogP contribution >= 0.6 is 0 Å². The van der Waals surface area contributed by atoms with E-state index in [9.17, 15) is 15.0 Å². The van der Waals surface area contributed by atoms with E-state index >= 15 is 0 Å². The Kier molecular flexibility index (Phi) is 3.96. The van der Waals surface area contributed by atoms with Crippen molar-refractivity contribution < 1.29 is 10.2 Å². The molecule has 0 amide bonds. The van der Waals surface area contributed by atoms with Crippen LogP contribution in [0.1, 0.15) is 44.9 Å². The van der Waals surface area contributed by atoms with Gasteiger partial charge in [-0.05, 0) is 50.5 Å². The molecule has 0 saturated heterocycles. The van der Waals surface area contributed by atoms with Gasteiger partial charge in [-0.25, -0.2) is 9.97 Å². The number of hydrogen-bond donors (Lipinski definition) is 3. The van der Waals surface area contributed by atoms with Crippen molar-refractivity contribution in [2.24, 2.45) is 5.41 Å². The maximum atomic E-state index is 12.3. The molecule has 3 N–H and O–H groups in total. The van der Waals surface area contributed by atoms with Crippen molar-refractivity contribution >= 4 is 17.2 Å². The molecule has 1 spiro atoms. The van der Waals surface area contributed by atoms with Crippen LogP contribution in [0.25, 0.3) is 11.0 Å². The van der Waals surface area contributed by atoms with Crippen LogP contribution in [0.4, 0.5) is 0 Å². The third-order valence-corrected chi connectivity index (χ3v) is 6.17. The molecule has 26 heavy (non-hydrogen) atoms. The van der Waals surface area contributed by atoms with E-state index in [1.165, 1.54) is 16.8 Å². The molecule has 0 aromatic carbocycles. The normalized spacial score (nSPS) is 31.9. The molecule has 2 heterocycles. The number of fused-ring (bicyclic) bond motifs is 1. The van der Waals surface area contributed by atoms with Crippen LogP contribution in [0.3, 0.4) is 0 Å². The fraction of sp³-hybridized carbons (Fsp3) is 0.579. The number of hydrogen-bond acceptors (Lipinski definition) is 6. The van der Waals surface area contributed by atoms with E-state index in [2.05, 4.69) is 9.97 Å². The number of aliphatic hydroxyl groups is 2. The Balaban J connectivity index is 1.80. The minimum atomic E-state index is -0.666. The minimum absolute atomic E-state index is 0.0498. The van der Waals surface area contributed by atoms with Crippen molar-refractivity contribution in [2.75, 3.05) is 0 Å². The molecule has 0 aliphatic heterocycles. The highest BCUT2D eigenvalue weighted by Crippen LogP contribution is 2.69. The highest BCUT2D eigenvalue weighted by atomic mass is 16.3. The molecule has 2 saturated carbocycles. The molecule has 2 aliphatic rings. The van der Waals surface area contributed by atoms with Crippen molar-refractivity contribution in [1.82, 2.24) is 14.5 Å². The molecule has 138 valence electrons. The van der Waals surface area contributed by atoms with E-state index in [-0.39, 0.29) is 23.6 Å². The molecule has 7 nitrogen and oxygen atoms in total. The average molecular weight is 356 g/mol. The van der Waals surface area contributed by atoms with E-state index in [4.69, 9.17) is 5.41 Å². The van der Waals surface area contributed by atoms with E-state index in [1.807, 2.05) is 0 Å². The topological polar surface area (TPSA) is 112 Å². The molecule has 2 fully saturated rings. The lowest BCUT2D eigenvalue weighted by molar-refractivity contribution is 0.0976. The summed E-state index contributed by atoms with van der Waals surface area (Å²) >= 11 is 0. The largest absolute Gasteiger partial charge is 0.393 e. The monoisotopic (exact) mass is 356 g/mol. The van der Waals surface area contributed by atoms with Crippen LogP contribution in [-0.2, 0) is 12.0 Å². The summed E-state index contributed by atoms with van der Waals surface area (Å²) in [5, 5.41) is 28.4. The van der Waals surface area contributed by atoms with Crippen molar-refractivity contribution in [3.8, 4) is 0 Å². The van der Waals surface area contributed by atoms with Crippen LogP contribution in [0.15, 0.2) is 23.1 Å². The fourth-order valence-corrected chi connectivity index (χ4v) is 4.58. The predicted molar refractivity (Wildman–Crippen MR) is 97.5 cm³/mol. The van der Waals surface area contributed by atoms with Gasteiger partial charge in [0.2, 0.25) is 0 Å². The second-order valence-corrected chi connectivity index (χ2v) is 7.91. The summed E-state index contributed by atoms with van der Waals surface area (Å²) in [7, 11) is 0. The standard InChI is InChI=1S/C19H24N4O3/c1-12(24)9-23-15(26)3-2-13-8-21-17(22-16(13)23)19(11-20)10-18(19)6-4-14(25)5-7-18/h2-3,8,11-12,14,20,24-25H,4-7,9-10H2,1H3/t12-,14?,18?,19-/m0/s1. The first-order valence-electron chi connectivity index (χ1n) is 9.16. The van der Waals surface area contributed by atoms with Gasteiger partial charge in [0.15, 0.2) is 0 Å². The van der Waals surface area contributed by atoms with Crippen LogP contribution in [0.5, 0.6) is 0 Å². The van der Waals surface area contributed by atoms with Crippen molar-refractivity contribution in [1.29, 1.82) is 5.41 Å². The van der Waals surface area contributed by atoms with Crippen molar-refractivity contribution in [2.45, 2.75) is 63.2 Å². The second kappa shape index (κ2) is 5.96. The molecular weight excluding hydrogens is 332 g/mol. The third-order valence-electron chi connectivity index (χ3n) is 6.17. The van der Waals surface area contributed by atoms with Gasteiger partial charge in [0.1, 0.15) is 11.5 Å². The summed E-state index contributed by atoms with van der Waals surface area (Å²) in [5.41, 5.74) is -0.268. The summed E-state index contributed by atoms with van der Waals surface area (Å²) in [4.78, 5) is 21.5. The zero-order chi connectivity index (χ0) is 18.5. The van der Waals surface area contributed by atoms with Gasteiger partial charge in [0, 0.05) is 23.9 Å². The predicted octanol–water partition coefficient (Wildman–Crippen LogP) is 1.38. The first kappa shape index (κ1) is 17.3. The van der Waals surface area contributed by atoms with Gasteiger partial charge in [-0.3, -0.25) is 9.36 Å². The minimum Gasteiger partial charge on any atom is -0.393 e. The highest BCUT2D eigenvalue weighted by Gasteiger charge is 2.68. The summed E-state index contributed by atoms with van der Waals surface area (Å²) in [6.07, 6.45) is 6.26. The number of pyridine rings is 1. The fourth-order valence-electron chi connectivity index (χ4n) is 4.58. The van der Waals surface area contributed by atoms with Gasteiger partial charge >= 0.3 is 0 Å².